The van der Waals surface area contributed by atoms with Crippen molar-refractivity contribution in [2.24, 2.45) is 0 Å². The van der Waals surface area contributed by atoms with E-state index in [-0.39, 0.29) is 38.4 Å². The fourth-order valence-corrected chi connectivity index (χ4v) is 3.55. The number of hydrogen-bond acceptors (Lipinski definition) is 10. The molecule has 0 aromatic rings. The van der Waals surface area contributed by atoms with Crippen LogP contribution in [0.15, 0.2) is 0 Å². The van der Waals surface area contributed by atoms with Gasteiger partial charge in [-0.3, -0.25) is 9.59 Å². The summed E-state index contributed by atoms with van der Waals surface area (Å²) in [5.74, 6) is -2.03. The topological polar surface area (TPSA) is 179 Å². The molecule has 0 heterocycles. The van der Waals surface area contributed by atoms with Crippen LogP contribution in [0.3, 0.4) is 0 Å². The van der Waals surface area contributed by atoms with Crippen LogP contribution < -0.4 is 16.0 Å². The summed E-state index contributed by atoms with van der Waals surface area (Å²) in [4.78, 5) is 63.0. The first-order valence-electron chi connectivity index (χ1n) is 14.9. The highest BCUT2D eigenvalue weighted by Crippen LogP contribution is 2.15. The summed E-state index contributed by atoms with van der Waals surface area (Å²) in [6.07, 6.45) is 1.88. The molecule has 4 N–H and O–H groups in total. The van der Waals surface area contributed by atoms with E-state index in [4.69, 9.17) is 24.1 Å². The van der Waals surface area contributed by atoms with Crippen molar-refractivity contribution in [1.29, 1.82) is 0 Å². The average molecular weight is 618 g/mol. The lowest BCUT2D eigenvalue weighted by atomic mass is 10.1. The van der Waals surface area contributed by atoms with Gasteiger partial charge in [0.15, 0.2) is 0 Å². The Hall–Kier alpha value is -2.93. The van der Waals surface area contributed by atoms with Crippen molar-refractivity contribution in [3.05, 3.63) is 0 Å². The van der Waals surface area contributed by atoms with Crippen LogP contribution in [-0.4, -0.2) is 90.2 Å². The first kappa shape index (κ1) is 40.1. The van der Waals surface area contributed by atoms with E-state index in [1.807, 2.05) is 0 Å². The minimum Gasteiger partial charge on any atom is -0.460 e. The van der Waals surface area contributed by atoms with E-state index in [1.54, 1.807) is 62.3 Å². The number of hydrogen-bond donors (Lipinski definition) is 4. The molecule has 43 heavy (non-hydrogen) atoms. The van der Waals surface area contributed by atoms with Gasteiger partial charge in [0, 0.05) is 26.0 Å². The van der Waals surface area contributed by atoms with E-state index in [0.29, 0.717) is 38.8 Å². The van der Waals surface area contributed by atoms with Gasteiger partial charge in [-0.15, -0.1) is 0 Å². The maximum absolute atomic E-state index is 13.0. The Kier molecular flexibility index (Phi) is 18.0. The third kappa shape index (κ3) is 23.2. The lowest BCUT2D eigenvalue weighted by molar-refractivity contribution is -0.159. The molecule has 2 atom stereocenters. The van der Waals surface area contributed by atoms with Crippen molar-refractivity contribution in [2.45, 2.75) is 136 Å². The summed E-state index contributed by atoms with van der Waals surface area (Å²) < 4.78 is 21.3. The van der Waals surface area contributed by atoms with Crippen LogP contribution in [0.1, 0.15) is 107 Å². The number of amides is 3. The van der Waals surface area contributed by atoms with E-state index in [1.165, 1.54) is 0 Å². The number of unbranched alkanes of at least 4 members (excludes halogenated alkanes) is 1. The van der Waals surface area contributed by atoms with Crippen LogP contribution >= 0.6 is 0 Å². The molecular weight excluding hydrogens is 562 g/mol. The highest BCUT2D eigenvalue weighted by atomic mass is 16.6. The Morgan fingerprint density at radius 2 is 1.16 bits per heavy atom. The molecule has 13 nitrogen and oxygen atoms in total. The molecule has 13 heteroatoms. The molecule has 0 aliphatic carbocycles. The van der Waals surface area contributed by atoms with Crippen molar-refractivity contribution in [3.8, 4) is 0 Å². The smallest absolute Gasteiger partial charge is 0.329 e. The zero-order chi connectivity index (χ0) is 33.3. The number of esters is 3. The van der Waals surface area contributed by atoms with Gasteiger partial charge in [-0.2, -0.15) is 0 Å². The molecule has 0 saturated carbocycles. The highest BCUT2D eigenvalue weighted by Gasteiger charge is 2.31. The molecular formula is C30H55N3O10. The maximum atomic E-state index is 13.0. The minimum absolute atomic E-state index is 0.0641. The second-order valence-corrected chi connectivity index (χ2v) is 13.2. The van der Waals surface area contributed by atoms with Crippen molar-refractivity contribution in [1.82, 2.24) is 16.0 Å². The first-order valence-corrected chi connectivity index (χ1v) is 14.9. The molecule has 0 aliphatic heterocycles. The maximum Gasteiger partial charge on any atom is 0.329 e. The van der Waals surface area contributed by atoms with E-state index in [2.05, 4.69) is 16.0 Å². The van der Waals surface area contributed by atoms with Crippen molar-refractivity contribution in [2.75, 3.05) is 26.4 Å². The van der Waals surface area contributed by atoms with Crippen LogP contribution in [0.4, 0.5) is 4.79 Å². The predicted octanol–water partition coefficient (Wildman–Crippen LogP) is 2.90. The standard InChI is InChI=1S/C30H55N3O10/c1-28(2,3)41-24(36)16-15-22(26(38)43-30(7,8)9)33-27(39)32-21(25(37)42-29(4,5)6)13-10-11-17-31-23(35)14-12-19-40-20-18-34/h21-22,34H,10-20H2,1-9H3,(H,31,35)(H2,32,33,39)/t21-,22-/m0/s1. The highest BCUT2D eigenvalue weighted by molar-refractivity contribution is 5.87. The van der Waals surface area contributed by atoms with E-state index in [9.17, 15) is 24.0 Å². The predicted molar refractivity (Wildman–Crippen MR) is 160 cm³/mol. The van der Waals surface area contributed by atoms with Gasteiger partial charge in [0.05, 0.1) is 13.2 Å². The first-order chi connectivity index (χ1) is 19.7. The lowest BCUT2D eigenvalue weighted by Gasteiger charge is -2.27. The molecule has 0 aromatic carbocycles. The quantitative estimate of drug-likeness (QED) is 0.102. The Labute approximate surface area is 256 Å². The summed E-state index contributed by atoms with van der Waals surface area (Å²) >= 11 is 0. The van der Waals surface area contributed by atoms with Crippen molar-refractivity contribution >= 4 is 29.8 Å². The van der Waals surface area contributed by atoms with Gasteiger partial charge in [0.25, 0.3) is 0 Å². The summed E-state index contributed by atoms with van der Waals surface area (Å²) in [6.45, 7) is 16.3. The molecule has 0 spiro atoms. The molecule has 0 rings (SSSR count). The second kappa shape index (κ2) is 19.4. The van der Waals surface area contributed by atoms with Gasteiger partial charge in [-0.25, -0.2) is 14.4 Å². The van der Waals surface area contributed by atoms with Crippen molar-refractivity contribution in [3.63, 3.8) is 0 Å². The van der Waals surface area contributed by atoms with Gasteiger partial charge in [-0.05, 0) is 94.4 Å². The Balaban J connectivity index is 5.21. The van der Waals surface area contributed by atoms with Gasteiger partial charge in [-0.1, -0.05) is 0 Å². The summed E-state index contributed by atoms with van der Waals surface area (Å²) in [5, 5.41) is 16.6. The number of carbonyl (C=O) groups excluding carboxylic acids is 5. The number of aliphatic hydroxyl groups is 1. The molecule has 0 bridgehead atoms. The van der Waals surface area contributed by atoms with E-state index < -0.39 is 52.8 Å². The average Bonchev–Trinajstić information content (AvgIpc) is 2.82. The van der Waals surface area contributed by atoms with Crippen LogP contribution in [0, 0.1) is 0 Å². The number of nitrogens with one attached hydrogen (secondary N) is 3. The second-order valence-electron chi connectivity index (χ2n) is 13.2. The third-order valence-electron chi connectivity index (χ3n) is 5.22. The molecule has 0 aromatic heterocycles. The van der Waals surface area contributed by atoms with Crippen LogP contribution in [0.25, 0.3) is 0 Å². The number of aliphatic hydroxyl groups excluding tert-OH is 1. The van der Waals surface area contributed by atoms with Gasteiger partial charge in [0.1, 0.15) is 28.9 Å². The normalized spacial score (nSPS) is 13.3. The molecule has 0 saturated heterocycles. The number of carbonyl (C=O) groups is 5. The summed E-state index contributed by atoms with van der Waals surface area (Å²) in [7, 11) is 0. The minimum atomic E-state index is -1.17. The lowest BCUT2D eigenvalue weighted by Crippen LogP contribution is -2.53. The third-order valence-corrected chi connectivity index (χ3v) is 5.22. The van der Waals surface area contributed by atoms with Gasteiger partial charge in [0.2, 0.25) is 5.91 Å². The Morgan fingerprint density at radius 1 is 0.651 bits per heavy atom. The monoisotopic (exact) mass is 617 g/mol. The van der Waals surface area contributed by atoms with Crippen LogP contribution in [0.2, 0.25) is 0 Å². The number of rotatable bonds is 18. The molecule has 0 radical (unpaired) electrons. The zero-order valence-corrected chi connectivity index (χ0v) is 27.6. The molecule has 0 fully saturated rings. The zero-order valence-electron chi connectivity index (χ0n) is 27.6. The fraction of sp³-hybridized carbons (Fsp3) is 0.833. The van der Waals surface area contributed by atoms with E-state index >= 15 is 0 Å². The molecule has 250 valence electrons. The SMILES string of the molecule is CC(C)(C)OC(=O)CC[C@H](NC(=O)N[C@@H](CCCCNC(=O)CCCOCCO)C(=O)OC(C)(C)C)C(=O)OC(C)(C)C. The summed E-state index contributed by atoms with van der Waals surface area (Å²) in [6, 6.07) is -2.99. The molecule has 3 amide bonds. The van der Waals surface area contributed by atoms with Gasteiger partial charge >= 0.3 is 23.9 Å². The van der Waals surface area contributed by atoms with Crippen LogP contribution in [-0.2, 0) is 38.1 Å². The Morgan fingerprint density at radius 3 is 1.65 bits per heavy atom. The Bertz CT molecular complexity index is 888. The van der Waals surface area contributed by atoms with Crippen molar-refractivity contribution < 1.29 is 48.0 Å². The molecule has 0 unspecified atom stereocenters. The number of urea groups is 1. The molecule has 0 aliphatic rings. The number of ether oxygens (including phenoxy) is 4. The largest absolute Gasteiger partial charge is 0.460 e. The van der Waals surface area contributed by atoms with Crippen LogP contribution in [0.5, 0.6) is 0 Å². The van der Waals surface area contributed by atoms with Gasteiger partial charge < -0.3 is 40.0 Å². The fourth-order valence-electron chi connectivity index (χ4n) is 3.55. The summed E-state index contributed by atoms with van der Waals surface area (Å²) in [5.41, 5.74) is -2.33. The van der Waals surface area contributed by atoms with E-state index in [0.717, 1.165) is 0 Å².